The van der Waals surface area contributed by atoms with Gasteiger partial charge in [-0.3, -0.25) is 0 Å². The number of aromatic nitrogens is 2. The van der Waals surface area contributed by atoms with Crippen molar-refractivity contribution in [2.75, 3.05) is 29.5 Å². The van der Waals surface area contributed by atoms with Gasteiger partial charge in [-0.05, 0) is 39.8 Å². The third-order valence-corrected chi connectivity index (χ3v) is 6.51. The third-order valence-electron chi connectivity index (χ3n) is 4.91. The van der Waals surface area contributed by atoms with Crippen LogP contribution in [-0.2, 0) is 4.74 Å². The number of piperidine rings is 1. The number of nitrogens with two attached hydrogens (primary N) is 2. The average molecular weight is 465 g/mol. The zero-order chi connectivity index (χ0) is 22.8. The average Bonchev–Trinajstić information content (AvgIpc) is 2.65. The van der Waals surface area contributed by atoms with Crippen LogP contribution in [0.15, 0.2) is 34.3 Å². The molecule has 1 aromatic heterocycles. The van der Waals surface area contributed by atoms with E-state index >= 15 is 0 Å². The van der Waals surface area contributed by atoms with E-state index in [1.165, 1.54) is 11.8 Å². The number of amides is 1. The molecule has 0 saturated carbocycles. The molecule has 168 valence electrons. The van der Waals surface area contributed by atoms with E-state index in [0.717, 1.165) is 4.90 Å². The maximum Gasteiger partial charge on any atom is 0.408 e. The largest absolute Gasteiger partial charge is 0.443 e. The van der Waals surface area contributed by atoms with Crippen LogP contribution in [0.3, 0.4) is 0 Å². The molecule has 2 aromatic rings. The molecule has 2 heterocycles. The highest BCUT2D eigenvalue weighted by molar-refractivity contribution is 7.99. The van der Waals surface area contributed by atoms with Gasteiger partial charge in [0.1, 0.15) is 16.4 Å². The van der Waals surface area contributed by atoms with Gasteiger partial charge in [0.05, 0.1) is 16.9 Å². The summed E-state index contributed by atoms with van der Waals surface area (Å²) in [7, 11) is 0. The second-order valence-corrected chi connectivity index (χ2v) is 10.3. The molecule has 5 N–H and O–H groups in total. The lowest BCUT2D eigenvalue weighted by atomic mass is 9.93. The van der Waals surface area contributed by atoms with Gasteiger partial charge >= 0.3 is 6.09 Å². The molecule has 1 aliphatic heterocycles. The number of carbonyl (C=O) groups is 1. The third kappa shape index (κ3) is 6.07. The quantitative estimate of drug-likeness (QED) is 0.572. The summed E-state index contributed by atoms with van der Waals surface area (Å²) in [5, 5.41) is 3.89. The van der Waals surface area contributed by atoms with Crippen molar-refractivity contribution in [3.8, 4) is 0 Å². The molecule has 1 aliphatic rings. The summed E-state index contributed by atoms with van der Waals surface area (Å²) in [5.41, 5.74) is 11.7. The predicted molar refractivity (Wildman–Crippen MR) is 126 cm³/mol. The molecule has 0 bridgehead atoms. The number of benzene rings is 1. The van der Waals surface area contributed by atoms with Crippen LogP contribution in [0.4, 0.5) is 22.1 Å². The van der Waals surface area contributed by atoms with Gasteiger partial charge in [0.25, 0.3) is 0 Å². The molecule has 1 saturated heterocycles. The SMILES string of the molecule is CC(C)(C)NC(=O)OC1(C)CCN(c2cnc(Sc3cccc(N)c3Cl)c(N)n2)CC1. The Labute approximate surface area is 192 Å². The van der Waals surface area contributed by atoms with E-state index in [1.807, 2.05) is 39.8 Å². The molecule has 0 unspecified atom stereocenters. The maximum atomic E-state index is 12.2. The number of halogens is 1. The maximum absolute atomic E-state index is 12.2. The Kier molecular flexibility index (Phi) is 6.76. The Morgan fingerprint density at radius 3 is 2.58 bits per heavy atom. The van der Waals surface area contributed by atoms with Gasteiger partial charge < -0.3 is 26.4 Å². The van der Waals surface area contributed by atoms with Crippen molar-refractivity contribution in [3.63, 3.8) is 0 Å². The van der Waals surface area contributed by atoms with Crippen LogP contribution in [0.1, 0.15) is 40.5 Å². The number of hydrogen-bond acceptors (Lipinski definition) is 8. The van der Waals surface area contributed by atoms with Gasteiger partial charge in [0.2, 0.25) is 0 Å². The number of hydrogen-bond donors (Lipinski definition) is 3. The van der Waals surface area contributed by atoms with Crippen LogP contribution in [0.5, 0.6) is 0 Å². The first-order chi connectivity index (χ1) is 14.5. The van der Waals surface area contributed by atoms with E-state index in [1.54, 1.807) is 12.3 Å². The smallest absolute Gasteiger partial charge is 0.408 e. The van der Waals surface area contributed by atoms with Crippen molar-refractivity contribution in [3.05, 3.63) is 29.4 Å². The number of anilines is 3. The number of nitrogens with one attached hydrogen (secondary N) is 1. The number of carbonyl (C=O) groups excluding carboxylic acids is 1. The van der Waals surface area contributed by atoms with Crippen molar-refractivity contribution >= 4 is 46.8 Å². The van der Waals surface area contributed by atoms with Gasteiger partial charge in [-0.15, -0.1) is 0 Å². The first-order valence-electron chi connectivity index (χ1n) is 10.1. The summed E-state index contributed by atoms with van der Waals surface area (Å²) in [5.74, 6) is 1.02. The topological polar surface area (TPSA) is 119 Å². The summed E-state index contributed by atoms with van der Waals surface area (Å²) in [6, 6.07) is 5.43. The van der Waals surface area contributed by atoms with Crippen molar-refractivity contribution in [2.45, 2.75) is 61.6 Å². The summed E-state index contributed by atoms with van der Waals surface area (Å²) < 4.78 is 5.71. The number of nitrogens with zero attached hydrogens (tertiary/aromatic N) is 3. The van der Waals surface area contributed by atoms with E-state index in [9.17, 15) is 4.79 Å². The highest BCUT2D eigenvalue weighted by atomic mass is 35.5. The van der Waals surface area contributed by atoms with Crippen LogP contribution < -0.4 is 21.7 Å². The summed E-state index contributed by atoms with van der Waals surface area (Å²) >= 11 is 7.59. The van der Waals surface area contributed by atoms with Crippen molar-refractivity contribution < 1.29 is 9.53 Å². The fraction of sp³-hybridized carbons (Fsp3) is 0.476. The van der Waals surface area contributed by atoms with Crippen LogP contribution >= 0.6 is 23.4 Å². The Morgan fingerprint density at radius 1 is 1.29 bits per heavy atom. The molecule has 0 radical (unpaired) electrons. The fourth-order valence-electron chi connectivity index (χ4n) is 3.19. The molecule has 1 amide bonds. The van der Waals surface area contributed by atoms with E-state index < -0.39 is 11.7 Å². The van der Waals surface area contributed by atoms with E-state index in [0.29, 0.717) is 53.3 Å². The van der Waals surface area contributed by atoms with Crippen LogP contribution in [0.2, 0.25) is 5.02 Å². The first-order valence-corrected chi connectivity index (χ1v) is 11.3. The van der Waals surface area contributed by atoms with Crippen LogP contribution in [0, 0.1) is 0 Å². The zero-order valence-electron chi connectivity index (χ0n) is 18.2. The molecule has 1 fully saturated rings. The second kappa shape index (κ2) is 9.00. The molecule has 0 spiro atoms. The van der Waals surface area contributed by atoms with Gasteiger partial charge in [0.15, 0.2) is 5.82 Å². The van der Waals surface area contributed by atoms with Gasteiger partial charge in [-0.25, -0.2) is 14.8 Å². The molecule has 31 heavy (non-hydrogen) atoms. The van der Waals surface area contributed by atoms with Gasteiger partial charge in [-0.2, -0.15) is 0 Å². The minimum Gasteiger partial charge on any atom is -0.443 e. The summed E-state index contributed by atoms with van der Waals surface area (Å²) in [4.78, 5) is 24.0. The number of nitrogen functional groups attached to an aromatic ring is 2. The molecule has 0 atom stereocenters. The highest BCUT2D eigenvalue weighted by Crippen LogP contribution is 2.37. The minimum absolute atomic E-state index is 0.329. The monoisotopic (exact) mass is 464 g/mol. The molecular formula is C21H29ClN6O2S. The Balaban J connectivity index is 1.63. The Hall–Kier alpha value is -2.39. The highest BCUT2D eigenvalue weighted by Gasteiger charge is 2.35. The zero-order valence-corrected chi connectivity index (χ0v) is 19.8. The van der Waals surface area contributed by atoms with Gasteiger partial charge in [0, 0.05) is 36.4 Å². The molecule has 3 rings (SSSR count). The molecule has 1 aromatic carbocycles. The predicted octanol–water partition coefficient (Wildman–Crippen LogP) is 4.33. The Morgan fingerprint density at radius 2 is 1.97 bits per heavy atom. The standard InChI is InChI=1S/C21H29ClN6O2S/c1-20(2,3)27-19(29)30-21(4)8-10-28(11-9-21)15-12-25-18(17(24)26-15)31-14-7-5-6-13(23)16(14)22/h5-7,12H,8-11,23H2,1-4H3,(H2,24,26)(H,27,29). The second-order valence-electron chi connectivity index (χ2n) is 8.88. The fourth-order valence-corrected chi connectivity index (χ4v) is 4.25. The Bertz CT molecular complexity index is 957. The lowest BCUT2D eigenvalue weighted by Gasteiger charge is -2.39. The van der Waals surface area contributed by atoms with Crippen molar-refractivity contribution in [2.24, 2.45) is 0 Å². The molecular weight excluding hydrogens is 436 g/mol. The lowest BCUT2D eigenvalue weighted by Crippen LogP contribution is -2.49. The first kappa shape index (κ1) is 23.3. The van der Waals surface area contributed by atoms with Crippen molar-refractivity contribution in [1.29, 1.82) is 0 Å². The number of rotatable bonds is 4. The number of alkyl carbamates (subject to hydrolysis) is 1. The normalized spacial score (nSPS) is 16.1. The van der Waals surface area contributed by atoms with E-state index in [2.05, 4.69) is 20.2 Å². The van der Waals surface area contributed by atoms with Crippen LogP contribution in [0.25, 0.3) is 0 Å². The molecule has 0 aliphatic carbocycles. The van der Waals surface area contributed by atoms with Gasteiger partial charge in [-0.1, -0.05) is 29.4 Å². The van der Waals surface area contributed by atoms with E-state index in [-0.39, 0.29) is 5.54 Å². The number of ether oxygens (including phenoxy) is 1. The molecule has 8 nitrogen and oxygen atoms in total. The summed E-state index contributed by atoms with van der Waals surface area (Å²) in [6.07, 6.45) is 2.67. The minimum atomic E-state index is -0.523. The summed E-state index contributed by atoms with van der Waals surface area (Å²) in [6.45, 7) is 9.09. The van der Waals surface area contributed by atoms with E-state index in [4.69, 9.17) is 27.8 Å². The van der Waals surface area contributed by atoms with Crippen LogP contribution in [-0.4, -0.2) is 40.3 Å². The molecule has 10 heteroatoms. The van der Waals surface area contributed by atoms with Crippen molar-refractivity contribution in [1.82, 2.24) is 15.3 Å². The lowest BCUT2D eigenvalue weighted by molar-refractivity contribution is 0.00406.